The van der Waals surface area contributed by atoms with Gasteiger partial charge in [0.05, 0.1) is 12.0 Å². The minimum Gasteiger partial charge on any atom is -0.337 e. The van der Waals surface area contributed by atoms with Gasteiger partial charge in [0.15, 0.2) is 11.2 Å². The molecule has 0 atom stereocenters. The van der Waals surface area contributed by atoms with Crippen molar-refractivity contribution in [3.63, 3.8) is 0 Å². The molecule has 0 saturated heterocycles. The van der Waals surface area contributed by atoms with Crippen LogP contribution < -0.4 is 10.5 Å². The molecule has 6 nitrogen and oxygen atoms in total. The van der Waals surface area contributed by atoms with Crippen molar-refractivity contribution in [3.05, 3.63) is 80.3 Å². The summed E-state index contributed by atoms with van der Waals surface area (Å²) in [5, 5.41) is 1.31. The average Bonchev–Trinajstić information content (AvgIpc) is 3.09. The van der Waals surface area contributed by atoms with Gasteiger partial charge in [-0.05, 0) is 53.9 Å². The second-order valence-electron chi connectivity index (χ2n) is 7.14. The molecule has 4 aromatic rings. The third-order valence-electron chi connectivity index (χ3n) is 5.27. The Morgan fingerprint density at radius 2 is 1.76 bits per heavy atom. The molecule has 0 radical (unpaired) electrons. The van der Waals surface area contributed by atoms with E-state index in [1.54, 1.807) is 27.6 Å². The highest BCUT2D eigenvalue weighted by molar-refractivity contribution is 6.30. The van der Waals surface area contributed by atoms with Crippen LogP contribution in [0.2, 0.25) is 10.0 Å². The van der Waals surface area contributed by atoms with Crippen molar-refractivity contribution in [2.75, 3.05) is 11.4 Å². The molecule has 29 heavy (non-hydrogen) atoms. The number of rotatable bonds is 2. The maximum Gasteiger partial charge on any atom is 0.287 e. The summed E-state index contributed by atoms with van der Waals surface area (Å²) in [7, 11) is 1.84. The Kier molecular flexibility index (Phi) is 4.33. The summed E-state index contributed by atoms with van der Waals surface area (Å²) in [6.07, 6.45) is 2.47. The Labute approximate surface area is 176 Å². The molecule has 0 fully saturated rings. The third-order valence-corrected chi connectivity index (χ3v) is 5.75. The van der Waals surface area contributed by atoms with Gasteiger partial charge < -0.3 is 9.47 Å². The highest BCUT2D eigenvalue weighted by Gasteiger charge is 2.24. The summed E-state index contributed by atoms with van der Waals surface area (Å²) in [6, 6.07) is 13.1. The molecule has 0 bridgehead atoms. The lowest BCUT2D eigenvalue weighted by Crippen LogP contribution is -2.36. The van der Waals surface area contributed by atoms with Crippen LogP contribution in [0.1, 0.15) is 11.1 Å². The Morgan fingerprint density at radius 3 is 2.55 bits per heavy atom. The van der Waals surface area contributed by atoms with E-state index in [2.05, 4.69) is 16.0 Å². The Bertz CT molecular complexity index is 1290. The van der Waals surface area contributed by atoms with E-state index in [4.69, 9.17) is 28.2 Å². The normalized spacial score (nSPS) is 13.7. The van der Waals surface area contributed by atoms with E-state index in [1.165, 1.54) is 5.56 Å². The SMILES string of the molecule is Cn1cnc2c(=O)n(-c3ccc(Cl)cc3)c(N3CCc4ccc(Cl)cc4C3)nc21. The molecular formula is C21H17Cl2N5O. The standard InChI is InChI=1S/C21H17Cl2N5O/c1-26-12-24-18-19(26)25-21(28(20(18)29)17-6-4-15(22)5-7-17)27-9-8-13-2-3-16(23)10-14(13)11-27/h2-7,10,12H,8-9,11H2,1H3. The van der Waals surface area contributed by atoms with Gasteiger partial charge >= 0.3 is 0 Å². The summed E-state index contributed by atoms with van der Waals surface area (Å²) in [4.78, 5) is 24.6. The van der Waals surface area contributed by atoms with Gasteiger partial charge in [0.25, 0.3) is 5.56 Å². The molecule has 0 unspecified atom stereocenters. The van der Waals surface area contributed by atoms with Gasteiger partial charge in [0, 0.05) is 30.2 Å². The van der Waals surface area contributed by atoms with E-state index in [-0.39, 0.29) is 5.56 Å². The van der Waals surface area contributed by atoms with Crippen molar-refractivity contribution >= 4 is 40.3 Å². The van der Waals surface area contributed by atoms with Gasteiger partial charge in [0.2, 0.25) is 5.95 Å². The summed E-state index contributed by atoms with van der Waals surface area (Å²) < 4.78 is 3.38. The zero-order chi connectivity index (χ0) is 20.1. The molecule has 0 spiro atoms. The van der Waals surface area contributed by atoms with Crippen molar-refractivity contribution in [1.82, 2.24) is 19.1 Å². The van der Waals surface area contributed by atoms with Crippen LogP contribution >= 0.6 is 23.2 Å². The molecule has 0 amide bonds. The van der Waals surface area contributed by atoms with Crippen molar-refractivity contribution in [2.24, 2.45) is 7.05 Å². The van der Waals surface area contributed by atoms with E-state index in [1.807, 2.05) is 31.3 Å². The molecule has 0 N–H and O–H groups in total. The quantitative estimate of drug-likeness (QED) is 0.487. The summed E-state index contributed by atoms with van der Waals surface area (Å²) in [5.74, 6) is 0.582. The van der Waals surface area contributed by atoms with Crippen LogP contribution in [0.25, 0.3) is 16.9 Å². The fourth-order valence-electron chi connectivity index (χ4n) is 3.78. The van der Waals surface area contributed by atoms with Crippen LogP contribution in [0.15, 0.2) is 53.6 Å². The Morgan fingerprint density at radius 1 is 1.00 bits per heavy atom. The molecule has 1 aliphatic heterocycles. The van der Waals surface area contributed by atoms with E-state index < -0.39 is 0 Å². The number of nitrogens with zero attached hydrogens (tertiary/aromatic N) is 5. The average molecular weight is 426 g/mol. The number of imidazole rings is 1. The first-order chi connectivity index (χ1) is 14.0. The predicted octanol–water partition coefficient (Wildman–Crippen LogP) is 3.99. The minimum absolute atomic E-state index is 0.204. The molecule has 2 aromatic heterocycles. The lowest BCUT2D eigenvalue weighted by atomic mass is 10.0. The first-order valence-electron chi connectivity index (χ1n) is 9.23. The van der Waals surface area contributed by atoms with E-state index in [9.17, 15) is 4.79 Å². The highest BCUT2D eigenvalue weighted by Crippen LogP contribution is 2.27. The highest BCUT2D eigenvalue weighted by atomic mass is 35.5. The number of hydrogen-bond acceptors (Lipinski definition) is 4. The molecule has 146 valence electrons. The zero-order valence-corrected chi connectivity index (χ0v) is 17.2. The summed E-state index contributed by atoms with van der Waals surface area (Å²) in [5.41, 5.74) is 3.81. The van der Waals surface area contributed by atoms with Crippen LogP contribution in [0.4, 0.5) is 5.95 Å². The van der Waals surface area contributed by atoms with Crippen LogP contribution in [0, 0.1) is 0 Å². The summed E-state index contributed by atoms with van der Waals surface area (Å²) >= 11 is 12.3. The number of aryl methyl sites for hydroxylation is 1. The van der Waals surface area contributed by atoms with Crippen molar-refractivity contribution in [2.45, 2.75) is 13.0 Å². The molecule has 5 rings (SSSR count). The van der Waals surface area contributed by atoms with Crippen molar-refractivity contribution in [3.8, 4) is 5.69 Å². The van der Waals surface area contributed by atoms with Gasteiger partial charge in [-0.25, -0.2) is 9.55 Å². The molecule has 8 heteroatoms. The number of fused-ring (bicyclic) bond motifs is 2. The Hall–Kier alpha value is -2.83. The van der Waals surface area contributed by atoms with Crippen LogP contribution in [-0.2, 0) is 20.0 Å². The van der Waals surface area contributed by atoms with Crippen LogP contribution in [0.5, 0.6) is 0 Å². The number of hydrogen-bond donors (Lipinski definition) is 0. The molecule has 2 aromatic carbocycles. The lowest BCUT2D eigenvalue weighted by Gasteiger charge is -2.31. The van der Waals surface area contributed by atoms with Gasteiger partial charge in [-0.15, -0.1) is 0 Å². The summed E-state index contributed by atoms with van der Waals surface area (Å²) in [6.45, 7) is 1.37. The van der Waals surface area contributed by atoms with Crippen molar-refractivity contribution in [1.29, 1.82) is 0 Å². The maximum absolute atomic E-state index is 13.4. The zero-order valence-electron chi connectivity index (χ0n) is 15.6. The first-order valence-corrected chi connectivity index (χ1v) is 9.99. The van der Waals surface area contributed by atoms with Gasteiger partial charge in [-0.1, -0.05) is 29.3 Å². The molecule has 0 aliphatic carbocycles. The monoisotopic (exact) mass is 425 g/mol. The number of halogens is 2. The van der Waals surface area contributed by atoms with E-state index in [0.717, 1.165) is 18.5 Å². The molecular weight excluding hydrogens is 409 g/mol. The minimum atomic E-state index is -0.204. The van der Waals surface area contributed by atoms with Crippen LogP contribution in [0.3, 0.4) is 0 Å². The largest absolute Gasteiger partial charge is 0.337 e. The number of anilines is 1. The fourth-order valence-corrected chi connectivity index (χ4v) is 4.10. The maximum atomic E-state index is 13.4. The second kappa shape index (κ2) is 6.90. The topological polar surface area (TPSA) is 56.0 Å². The lowest BCUT2D eigenvalue weighted by molar-refractivity contribution is 0.690. The van der Waals surface area contributed by atoms with Gasteiger partial charge in [-0.2, -0.15) is 4.98 Å². The molecule has 3 heterocycles. The smallest absolute Gasteiger partial charge is 0.287 e. The predicted molar refractivity (Wildman–Crippen MR) is 115 cm³/mol. The van der Waals surface area contributed by atoms with Gasteiger partial charge in [-0.3, -0.25) is 4.79 Å². The van der Waals surface area contributed by atoms with Gasteiger partial charge in [0.1, 0.15) is 0 Å². The van der Waals surface area contributed by atoms with E-state index >= 15 is 0 Å². The third kappa shape index (κ3) is 3.09. The molecule has 0 saturated carbocycles. The number of aromatic nitrogens is 4. The first kappa shape index (κ1) is 18.2. The Balaban J connectivity index is 1.72. The fraction of sp³-hybridized carbons (Fsp3) is 0.190. The number of benzene rings is 2. The second-order valence-corrected chi connectivity index (χ2v) is 8.01. The van der Waals surface area contributed by atoms with Crippen LogP contribution in [-0.4, -0.2) is 25.6 Å². The molecule has 1 aliphatic rings. The van der Waals surface area contributed by atoms with E-state index in [0.29, 0.717) is 39.4 Å². The van der Waals surface area contributed by atoms with Crippen molar-refractivity contribution < 1.29 is 0 Å².